The number of fused-ring (bicyclic) bond motifs is 1. The summed E-state index contributed by atoms with van der Waals surface area (Å²) in [6, 6.07) is 5.94. The molecule has 0 bridgehead atoms. The second kappa shape index (κ2) is 3.71. The summed E-state index contributed by atoms with van der Waals surface area (Å²) in [7, 11) is 0. The highest BCUT2D eigenvalue weighted by molar-refractivity contribution is 6.07. The average Bonchev–Trinajstić information content (AvgIpc) is 2.03. The van der Waals surface area contributed by atoms with E-state index in [0.29, 0.717) is 6.54 Å². The highest BCUT2D eigenvalue weighted by atomic mass is 35.5. The summed E-state index contributed by atoms with van der Waals surface area (Å²) in [5, 5.41) is 1.88. The number of hydrogen-bond donors (Lipinski definition) is 0. The van der Waals surface area contributed by atoms with Crippen molar-refractivity contribution in [2.24, 2.45) is 4.99 Å². The van der Waals surface area contributed by atoms with Gasteiger partial charge in [-0.05, 0) is 25.1 Å². The summed E-state index contributed by atoms with van der Waals surface area (Å²) in [6.45, 7) is 2.31. The third-order valence-electron chi connectivity index (χ3n) is 1.90. The van der Waals surface area contributed by atoms with Crippen molar-refractivity contribution < 1.29 is 4.79 Å². The number of hydrogen-bond acceptors (Lipinski definition) is 2. The molecule has 0 spiro atoms. The van der Waals surface area contributed by atoms with Gasteiger partial charge in [-0.15, -0.1) is 12.4 Å². The molecule has 0 aromatic heterocycles. The Bertz CT molecular complexity index is 450. The monoisotopic (exact) mass is 195 g/mol. The minimum absolute atomic E-state index is 0. The van der Waals surface area contributed by atoms with Crippen molar-refractivity contribution in [1.82, 2.24) is 0 Å². The van der Waals surface area contributed by atoms with Crippen LogP contribution in [0.2, 0.25) is 0 Å². The van der Waals surface area contributed by atoms with E-state index < -0.39 is 0 Å². The Morgan fingerprint density at radius 2 is 2.15 bits per heavy atom. The second-order valence-corrected chi connectivity index (χ2v) is 2.99. The van der Waals surface area contributed by atoms with Crippen LogP contribution < -0.4 is 10.6 Å². The molecule has 1 heterocycles. The number of aryl methyl sites for hydroxylation is 1. The first-order valence-electron chi connectivity index (χ1n) is 3.91. The van der Waals surface area contributed by atoms with Crippen molar-refractivity contribution in [2.75, 3.05) is 6.54 Å². The van der Waals surface area contributed by atoms with Gasteiger partial charge in [-0.3, -0.25) is 9.79 Å². The lowest BCUT2D eigenvalue weighted by Crippen LogP contribution is -2.31. The molecule has 0 N–H and O–H groups in total. The van der Waals surface area contributed by atoms with Gasteiger partial charge in [0.05, 0.1) is 5.36 Å². The first-order valence-corrected chi connectivity index (χ1v) is 3.91. The molecule has 0 saturated heterocycles. The summed E-state index contributed by atoms with van der Waals surface area (Å²) in [6.07, 6.45) is 1.66. The maximum Gasteiger partial charge on any atom is 0.177 e. The average molecular weight is 196 g/mol. The normalized spacial score (nSPS) is 13.5. The molecule has 0 fully saturated rings. The van der Waals surface area contributed by atoms with Gasteiger partial charge in [0.2, 0.25) is 0 Å². The van der Waals surface area contributed by atoms with Gasteiger partial charge in [-0.2, -0.15) is 0 Å². The van der Waals surface area contributed by atoms with Crippen LogP contribution in [0, 0.1) is 6.92 Å². The predicted octanol–water partition coefficient (Wildman–Crippen LogP) is 0.400. The molecule has 1 aliphatic heterocycles. The zero-order valence-corrected chi connectivity index (χ0v) is 8.10. The van der Waals surface area contributed by atoms with Gasteiger partial charge in [-0.25, -0.2) is 0 Å². The minimum Gasteiger partial charge on any atom is -0.293 e. The molecule has 1 aliphatic rings. The standard InChI is InChI=1S/C10H9NO.ClH/c1-7-2-3-10-8(4-7)5-9(12)6-11-10;/h2-5H,6H2,1H3;1H. The topological polar surface area (TPSA) is 29.4 Å². The number of nitrogens with zero attached hydrogens (tertiary/aromatic N) is 1. The van der Waals surface area contributed by atoms with Crippen LogP contribution in [0.25, 0.3) is 6.08 Å². The Kier molecular flexibility index (Phi) is 2.83. The molecular weight excluding hydrogens is 186 g/mol. The van der Waals surface area contributed by atoms with Crippen LogP contribution in [0.3, 0.4) is 0 Å². The molecule has 0 aliphatic carbocycles. The van der Waals surface area contributed by atoms with E-state index in [4.69, 9.17) is 0 Å². The number of Topliss-reactive ketones (excluding diaryl/α,β-unsaturated/α-hetero) is 1. The highest BCUT2D eigenvalue weighted by Crippen LogP contribution is 1.89. The van der Waals surface area contributed by atoms with E-state index in [-0.39, 0.29) is 18.2 Å². The quantitative estimate of drug-likeness (QED) is 0.589. The molecule has 13 heavy (non-hydrogen) atoms. The molecule has 0 radical (unpaired) electrons. The zero-order chi connectivity index (χ0) is 8.55. The van der Waals surface area contributed by atoms with E-state index in [9.17, 15) is 4.79 Å². The number of carbonyl (C=O) groups is 1. The molecule has 68 valence electrons. The van der Waals surface area contributed by atoms with Crippen molar-refractivity contribution >= 4 is 24.3 Å². The van der Waals surface area contributed by atoms with E-state index in [2.05, 4.69) is 4.99 Å². The van der Waals surface area contributed by atoms with E-state index in [1.165, 1.54) is 0 Å². The van der Waals surface area contributed by atoms with Gasteiger partial charge in [0.15, 0.2) is 5.78 Å². The lowest BCUT2D eigenvalue weighted by molar-refractivity contribution is -0.112. The third-order valence-corrected chi connectivity index (χ3v) is 1.90. The molecule has 0 atom stereocenters. The fourth-order valence-corrected chi connectivity index (χ4v) is 1.32. The van der Waals surface area contributed by atoms with Crippen molar-refractivity contribution in [2.45, 2.75) is 6.92 Å². The van der Waals surface area contributed by atoms with Gasteiger partial charge in [0.25, 0.3) is 0 Å². The molecule has 1 aromatic rings. The Hall–Kier alpha value is -1.15. The molecular formula is C10H10ClNO. The summed E-state index contributed by atoms with van der Waals surface area (Å²) >= 11 is 0. The van der Waals surface area contributed by atoms with E-state index in [1.54, 1.807) is 6.08 Å². The number of halogens is 1. The Labute approximate surface area is 82.4 Å². The number of ketones is 1. The van der Waals surface area contributed by atoms with Crippen molar-refractivity contribution in [3.8, 4) is 0 Å². The minimum atomic E-state index is 0. The van der Waals surface area contributed by atoms with Crippen molar-refractivity contribution in [3.63, 3.8) is 0 Å². The van der Waals surface area contributed by atoms with Gasteiger partial charge in [-0.1, -0.05) is 11.6 Å². The lowest BCUT2D eigenvalue weighted by atomic mass is 10.1. The third kappa shape index (κ3) is 1.95. The van der Waals surface area contributed by atoms with Crippen LogP contribution in [0.15, 0.2) is 23.2 Å². The van der Waals surface area contributed by atoms with E-state index >= 15 is 0 Å². The number of carbonyl (C=O) groups excluding carboxylic acids is 1. The Balaban J connectivity index is 0.000000845. The molecule has 3 heteroatoms. The Morgan fingerprint density at radius 1 is 1.38 bits per heavy atom. The molecule has 0 amide bonds. The second-order valence-electron chi connectivity index (χ2n) is 2.99. The first kappa shape index (κ1) is 9.93. The largest absolute Gasteiger partial charge is 0.293 e. The number of rotatable bonds is 0. The summed E-state index contributed by atoms with van der Waals surface area (Å²) in [5.41, 5.74) is 1.16. The van der Waals surface area contributed by atoms with Crippen LogP contribution in [0.4, 0.5) is 0 Å². The maximum absolute atomic E-state index is 11.0. The van der Waals surface area contributed by atoms with Crippen molar-refractivity contribution in [1.29, 1.82) is 0 Å². The lowest BCUT2D eigenvalue weighted by Gasteiger charge is -1.98. The summed E-state index contributed by atoms with van der Waals surface area (Å²) in [5.74, 6) is 0.0908. The van der Waals surface area contributed by atoms with Crippen LogP contribution in [-0.4, -0.2) is 12.3 Å². The molecule has 2 rings (SSSR count). The van der Waals surface area contributed by atoms with Crippen LogP contribution in [0.1, 0.15) is 5.56 Å². The molecule has 2 nitrogen and oxygen atoms in total. The maximum atomic E-state index is 11.0. The fraction of sp³-hybridized carbons (Fsp3) is 0.200. The summed E-state index contributed by atoms with van der Waals surface area (Å²) < 4.78 is 0. The predicted molar refractivity (Wildman–Crippen MR) is 53.5 cm³/mol. The Morgan fingerprint density at radius 3 is 2.92 bits per heavy atom. The van der Waals surface area contributed by atoms with Crippen LogP contribution in [0.5, 0.6) is 0 Å². The van der Waals surface area contributed by atoms with Crippen LogP contribution in [-0.2, 0) is 4.79 Å². The van der Waals surface area contributed by atoms with Gasteiger partial charge in [0.1, 0.15) is 6.54 Å². The molecule has 0 unspecified atom stereocenters. The van der Waals surface area contributed by atoms with E-state index in [0.717, 1.165) is 16.1 Å². The highest BCUT2D eigenvalue weighted by Gasteiger charge is 2.01. The fourth-order valence-electron chi connectivity index (χ4n) is 1.32. The van der Waals surface area contributed by atoms with Gasteiger partial charge in [0, 0.05) is 5.22 Å². The van der Waals surface area contributed by atoms with Gasteiger partial charge >= 0.3 is 0 Å². The zero-order valence-electron chi connectivity index (χ0n) is 7.28. The van der Waals surface area contributed by atoms with Crippen molar-refractivity contribution in [3.05, 3.63) is 34.3 Å². The van der Waals surface area contributed by atoms with Crippen LogP contribution >= 0.6 is 12.4 Å². The molecule has 1 aromatic carbocycles. The van der Waals surface area contributed by atoms with Gasteiger partial charge < -0.3 is 0 Å². The van der Waals surface area contributed by atoms with E-state index in [1.807, 2.05) is 25.1 Å². The molecule has 0 saturated carbocycles. The smallest absolute Gasteiger partial charge is 0.177 e. The SMILES string of the molecule is Cc1ccc2c(c1)=CC(=O)CN=2.Cl. The summed E-state index contributed by atoms with van der Waals surface area (Å²) in [4.78, 5) is 15.1. The first-order chi connectivity index (χ1) is 5.75. The number of benzene rings is 1.